The topological polar surface area (TPSA) is 42.3 Å². The Balaban J connectivity index is 3.13. The molecule has 0 saturated heterocycles. The van der Waals surface area contributed by atoms with Gasteiger partial charge in [0.05, 0.1) is 0 Å². The predicted molar refractivity (Wildman–Crippen MR) is 52.1 cm³/mol. The summed E-state index contributed by atoms with van der Waals surface area (Å²) >= 11 is 2.63. The van der Waals surface area contributed by atoms with E-state index in [1.54, 1.807) is 32.4 Å². The van der Waals surface area contributed by atoms with Crippen LogP contribution in [0.3, 0.4) is 0 Å². The summed E-state index contributed by atoms with van der Waals surface area (Å²) < 4.78 is 10.5. The number of ether oxygens (including phenoxy) is 2. The second-order valence-corrected chi connectivity index (χ2v) is 3.26. The van der Waals surface area contributed by atoms with Gasteiger partial charge in [-0.15, -0.1) is 0 Å². The molecule has 0 aromatic heterocycles. The Morgan fingerprint density at radius 1 is 1.23 bits per heavy atom. The molecule has 0 heterocycles. The minimum absolute atomic E-state index is 0.390. The van der Waals surface area contributed by atoms with Gasteiger partial charge in [0.15, 0.2) is 0 Å². The predicted octanol–water partition coefficient (Wildman–Crippen LogP) is 1.20. The molecule has 0 unspecified atom stereocenters. The molecule has 0 bridgehead atoms. The second-order valence-electron chi connectivity index (χ2n) is 2.40. The molecule has 1 aromatic rings. The molecule has 0 saturated carbocycles. The van der Waals surface area contributed by atoms with E-state index >= 15 is 0 Å². The molecule has 0 aliphatic carbocycles. The van der Waals surface area contributed by atoms with Crippen molar-refractivity contribution in [2.24, 2.45) is 0 Å². The van der Waals surface area contributed by atoms with Crippen molar-refractivity contribution >= 4 is 20.6 Å². The Bertz CT molecular complexity index is 325. The average molecular weight is 243 g/mol. The fourth-order valence-electron chi connectivity index (χ4n) is 0.977. The van der Waals surface area contributed by atoms with Gasteiger partial charge in [0.1, 0.15) is 0 Å². The molecule has 0 aliphatic heterocycles. The van der Waals surface area contributed by atoms with E-state index in [0.29, 0.717) is 16.1 Å². The van der Waals surface area contributed by atoms with Crippen molar-refractivity contribution in [2.45, 2.75) is 0 Å². The normalized spacial score (nSPS) is 9.38. The molecule has 0 aliphatic rings. The molecule has 1 aromatic carbocycles. The molecule has 0 amide bonds. The standard InChI is InChI=1S/C9H10NO2Se/c1-11-7-4-3-6(9(10)13)5-8(7)12-2/h3-5,10H,1-2H3. The van der Waals surface area contributed by atoms with Crippen LogP contribution in [0, 0.1) is 5.41 Å². The third-order valence-electron chi connectivity index (χ3n) is 1.65. The number of hydrogen-bond acceptors (Lipinski definition) is 3. The molecule has 69 valence electrons. The van der Waals surface area contributed by atoms with E-state index in [0.717, 1.165) is 5.56 Å². The zero-order valence-electron chi connectivity index (χ0n) is 7.46. The van der Waals surface area contributed by atoms with Crippen LogP contribution < -0.4 is 9.47 Å². The van der Waals surface area contributed by atoms with E-state index in [2.05, 4.69) is 16.0 Å². The monoisotopic (exact) mass is 244 g/mol. The van der Waals surface area contributed by atoms with Gasteiger partial charge >= 0.3 is 85.0 Å². The van der Waals surface area contributed by atoms with Crippen LogP contribution in [0.2, 0.25) is 0 Å². The third kappa shape index (κ3) is 2.23. The van der Waals surface area contributed by atoms with E-state index in [-0.39, 0.29) is 0 Å². The number of hydrogen-bond donors (Lipinski definition) is 1. The molecule has 1 N–H and O–H groups in total. The van der Waals surface area contributed by atoms with Crippen molar-refractivity contribution in [3.8, 4) is 11.5 Å². The number of nitrogens with one attached hydrogen (secondary N) is 1. The molecule has 13 heavy (non-hydrogen) atoms. The summed E-state index contributed by atoms with van der Waals surface area (Å²) in [4.78, 5) is 0. The number of methoxy groups -OCH3 is 2. The van der Waals surface area contributed by atoms with Gasteiger partial charge in [-0.2, -0.15) is 0 Å². The van der Waals surface area contributed by atoms with Crippen molar-refractivity contribution in [1.29, 1.82) is 5.41 Å². The number of benzene rings is 1. The van der Waals surface area contributed by atoms with Crippen LogP contribution in [-0.2, 0) is 0 Å². The van der Waals surface area contributed by atoms with Gasteiger partial charge in [0, 0.05) is 0 Å². The van der Waals surface area contributed by atoms with Crippen LogP contribution >= 0.6 is 0 Å². The summed E-state index contributed by atoms with van der Waals surface area (Å²) in [5.41, 5.74) is 0.789. The van der Waals surface area contributed by atoms with Gasteiger partial charge in [-0.25, -0.2) is 0 Å². The molecular formula is C9H10NO2Se. The van der Waals surface area contributed by atoms with E-state index in [1.807, 2.05) is 0 Å². The second kappa shape index (κ2) is 4.30. The maximum atomic E-state index is 7.38. The third-order valence-corrected chi connectivity index (χ3v) is 2.14. The van der Waals surface area contributed by atoms with Gasteiger partial charge in [-0.1, -0.05) is 0 Å². The molecule has 0 spiro atoms. The molecule has 0 fully saturated rings. The van der Waals surface area contributed by atoms with Crippen LogP contribution in [0.5, 0.6) is 11.5 Å². The molecule has 0 atom stereocenters. The molecule has 4 heteroatoms. The Morgan fingerprint density at radius 3 is 2.31 bits per heavy atom. The van der Waals surface area contributed by atoms with Gasteiger partial charge in [0.2, 0.25) is 0 Å². The van der Waals surface area contributed by atoms with Crippen molar-refractivity contribution in [3.05, 3.63) is 23.8 Å². The molecule has 1 rings (SSSR count). The van der Waals surface area contributed by atoms with E-state index in [9.17, 15) is 0 Å². The molecular weight excluding hydrogens is 233 g/mol. The van der Waals surface area contributed by atoms with E-state index in [4.69, 9.17) is 14.9 Å². The van der Waals surface area contributed by atoms with Crippen LogP contribution in [0.1, 0.15) is 5.56 Å². The first kappa shape index (κ1) is 10.1. The van der Waals surface area contributed by atoms with E-state index < -0.39 is 0 Å². The summed E-state index contributed by atoms with van der Waals surface area (Å²) in [6.45, 7) is 0. The first-order valence-corrected chi connectivity index (χ1v) is 4.52. The van der Waals surface area contributed by atoms with Crippen molar-refractivity contribution in [1.82, 2.24) is 0 Å². The van der Waals surface area contributed by atoms with Crippen molar-refractivity contribution < 1.29 is 9.47 Å². The first-order valence-electron chi connectivity index (χ1n) is 3.67. The zero-order valence-corrected chi connectivity index (χ0v) is 9.17. The van der Waals surface area contributed by atoms with Gasteiger partial charge in [-0.3, -0.25) is 0 Å². The van der Waals surface area contributed by atoms with Crippen LogP contribution in [0.15, 0.2) is 18.2 Å². The summed E-state index contributed by atoms with van der Waals surface area (Å²) in [6, 6.07) is 5.35. The minimum atomic E-state index is 0.390. The van der Waals surface area contributed by atoms with Gasteiger partial charge in [-0.05, 0) is 0 Å². The van der Waals surface area contributed by atoms with Crippen LogP contribution in [0.25, 0.3) is 0 Å². The van der Waals surface area contributed by atoms with Crippen LogP contribution in [0.4, 0.5) is 0 Å². The van der Waals surface area contributed by atoms with E-state index in [1.165, 1.54) is 0 Å². The maximum absolute atomic E-state index is 7.38. The fraction of sp³-hybridized carbons (Fsp3) is 0.222. The Hall–Kier alpha value is -0.991. The fourth-order valence-corrected chi connectivity index (χ4v) is 1.24. The quantitative estimate of drug-likeness (QED) is 0.640. The first-order chi connectivity index (χ1) is 6.19. The summed E-state index contributed by atoms with van der Waals surface area (Å²) in [7, 11) is 3.16. The zero-order chi connectivity index (χ0) is 9.84. The Labute approximate surface area is 85.4 Å². The molecule has 1 radical (unpaired) electrons. The summed E-state index contributed by atoms with van der Waals surface area (Å²) in [5, 5.41) is 7.38. The van der Waals surface area contributed by atoms with Gasteiger partial charge < -0.3 is 0 Å². The number of rotatable bonds is 3. The van der Waals surface area contributed by atoms with Crippen molar-refractivity contribution in [2.75, 3.05) is 14.2 Å². The Morgan fingerprint density at radius 2 is 1.85 bits per heavy atom. The SMILES string of the molecule is COc1ccc(C(=N)[Se])cc1OC. The Kier molecular flexibility index (Phi) is 3.34. The summed E-state index contributed by atoms with van der Waals surface area (Å²) in [6.07, 6.45) is 0. The molecule has 3 nitrogen and oxygen atoms in total. The van der Waals surface area contributed by atoms with Crippen molar-refractivity contribution in [3.63, 3.8) is 0 Å². The summed E-state index contributed by atoms with van der Waals surface area (Å²) in [5.74, 6) is 1.31. The van der Waals surface area contributed by atoms with Gasteiger partial charge in [0.25, 0.3) is 0 Å². The average Bonchev–Trinajstić information content (AvgIpc) is 2.16. The van der Waals surface area contributed by atoms with Crippen LogP contribution in [-0.4, -0.2) is 34.8 Å².